The maximum atomic E-state index is 12.6. The fourth-order valence-corrected chi connectivity index (χ4v) is 2.32. The summed E-state index contributed by atoms with van der Waals surface area (Å²) in [6.07, 6.45) is 0. The quantitative estimate of drug-likeness (QED) is 0.873. The van der Waals surface area contributed by atoms with Crippen molar-refractivity contribution in [1.82, 2.24) is 5.32 Å². The number of nitrogens with one attached hydrogen (secondary N) is 1. The summed E-state index contributed by atoms with van der Waals surface area (Å²) in [7, 11) is 0. The Labute approximate surface area is 119 Å². The van der Waals surface area contributed by atoms with Gasteiger partial charge in [-0.1, -0.05) is 60.7 Å². The molecule has 104 valence electrons. The summed E-state index contributed by atoms with van der Waals surface area (Å²) >= 11 is 0. The lowest BCUT2D eigenvalue weighted by atomic mass is 9.75. The molecule has 0 spiro atoms. The van der Waals surface area contributed by atoms with Crippen LogP contribution in [0.2, 0.25) is 0 Å². The van der Waals surface area contributed by atoms with E-state index in [1.807, 2.05) is 67.6 Å². The van der Waals surface area contributed by atoms with Gasteiger partial charge in [0.2, 0.25) is 5.91 Å². The van der Waals surface area contributed by atoms with Gasteiger partial charge >= 0.3 is 0 Å². The van der Waals surface area contributed by atoms with Gasteiger partial charge in [0.15, 0.2) is 0 Å². The van der Waals surface area contributed by atoms with Gasteiger partial charge in [-0.05, 0) is 18.1 Å². The van der Waals surface area contributed by atoms with Crippen LogP contribution in [0.1, 0.15) is 18.1 Å². The monoisotopic (exact) mass is 269 g/mol. The van der Waals surface area contributed by atoms with Gasteiger partial charge in [-0.15, -0.1) is 0 Å². The predicted octanol–water partition coefficient (Wildman–Crippen LogP) is 2.10. The first-order valence-electron chi connectivity index (χ1n) is 6.70. The molecule has 0 bridgehead atoms. The number of carbonyl (C=O) groups excluding carboxylic acids is 1. The number of amides is 1. The molecule has 20 heavy (non-hydrogen) atoms. The van der Waals surface area contributed by atoms with Crippen molar-refractivity contribution < 1.29 is 9.90 Å². The van der Waals surface area contributed by atoms with Gasteiger partial charge in [-0.2, -0.15) is 0 Å². The van der Waals surface area contributed by atoms with E-state index in [2.05, 4.69) is 5.32 Å². The summed E-state index contributed by atoms with van der Waals surface area (Å²) in [5.41, 5.74) is 1.10. The lowest BCUT2D eigenvalue weighted by molar-refractivity contribution is -0.125. The SMILES string of the molecule is CC(C(=O)NCCO)(c1ccccc1)c1ccccc1. The first kappa shape index (κ1) is 14.3. The zero-order chi connectivity index (χ0) is 14.4. The lowest BCUT2D eigenvalue weighted by Crippen LogP contribution is -2.44. The molecule has 2 aromatic carbocycles. The summed E-state index contributed by atoms with van der Waals surface area (Å²) in [4.78, 5) is 12.6. The predicted molar refractivity (Wildman–Crippen MR) is 79.4 cm³/mol. The lowest BCUT2D eigenvalue weighted by Gasteiger charge is -2.29. The highest BCUT2D eigenvalue weighted by molar-refractivity contribution is 5.91. The second kappa shape index (κ2) is 6.35. The van der Waals surface area contributed by atoms with E-state index in [-0.39, 0.29) is 19.1 Å². The van der Waals surface area contributed by atoms with Crippen molar-refractivity contribution in [3.05, 3.63) is 71.8 Å². The summed E-state index contributed by atoms with van der Waals surface area (Å²) in [6.45, 7) is 2.10. The molecule has 0 fully saturated rings. The van der Waals surface area contributed by atoms with Crippen LogP contribution in [-0.2, 0) is 10.2 Å². The van der Waals surface area contributed by atoms with E-state index in [9.17, 15) is 4.79 Å². The maximum absolute atomic E-state index is 12.6. The first-order chi connectivity index (χ1) is 9.69. The van der Waals surface area contributed by atoms with Crippen molar-refractivity contribution in [2.75, 3.05) is 13.2 Å². The Kier molecular flexibility index (Phi) is 4.53. The van der Waals surface area contributed by atoms with Crippen molar-refractivity contribution in [2.45, 2.75) is 12.3 Å². The van der Waals surface area contributed by atoms with Gasteiger partial charge in [0.05, 0.1) is 12.0 Å². The zero-order valence-corrected chi connectivity index (χ0v) is 11.5. The van der Waals surface area contributed by atoms with Crippen molar-refractivity contribution in [2.24, 2.45) is 0 Å². The Bertz CT molecular complexity index is 512. The average molecular weight is 269 g/mol. The average Bonchev–Trinajstić information content (AvgIpc) is 2.53. The maximum Gasteiger partial charge on any atom is 0.234 e. The van der Waals surface area contributed by atoms with Crippen molar-refractivity contribution in [3.63, 3.8) is 0 Å². The summed E-state index contributed by atoms with van der Waals surface area (Å²) in [5, 5.41) is 11.7. The fraction of sp³-hybridized carbons (Fsp3) is 0.235. The smallest absolute Gasteiger partial charge is 0.234 e. The Morgan fingerprint density at radius 3 is 1.85 bits per heavy atom. The highest BCUT2D eigenvalue weighted by Crippen LogP contribution is 2.32. The van der Waals surface area contributed by atoms with E-state index >= 15 is 0 Å². The van der Waals surface area contributed by atoms with E-state index in [4.69, 9.17) is 5.11 Å². The Hall–Kier alpha value is -2.13. The number of carbonyl (C=O) groups is 1. The highest BCUT2D eigenvalue weighted by atomic mass is 16.3. The Morgan fingerprint density at radius 1 is 1.00 bits per heavy atom. The zero-order valence-electron chi connectivity index (χ0n) is 11.5. The molecule has 0 saturated carbocycles. The van der Waals surface area contributed by atoms with Gasteiger partial charge in [0, 0.05) is 6.54 Å². The van der Waals surface area contributed by atoms with Crippen LogP contribution in [0.15, 0.2) is 60.7 Å². The van der Waals surface area contributed by atoms with Crippen LogP contribution >= 0.6 is 0 Å². The molecule has 0 saturated heterocycles. The molecule has 0 aliphatic carbocycles. The molecule has 2 N–H and O–H groups in total. The molecule has 3 heteroatoms. The second-order valence-electron chi connectivity index (χ2n) is 4.84. The third kappa shape index (κ3) is 2.73. The van der Waals surface area contributed by atoms with Crippen molar-refractivity contribution in [3.8, 4) is 0 Å². The number of hydrogen-bond acceptors (Lipinski definition) is 2. The molecule has 0 atom stereocenters. The number of rotatable bonds is 5. The topological polar surface area (TPSA) is 49.3 Å². The Balaban J connectivity index is 2.46. The first-order valence-corrected chi connectivity index (χ1v) is 6.70. The molecular formula is C17H19NO2. The Morgan fingerprint density at radius 2 is 1.45 bits per heavy atom. The van der Waals surface area contributed by atoms with Crippen LogP contribution in [0.5, 0.6) is 0 Å². The molecular weight excluding hydrogens is 250 g/mol. The normalized spacial score (nSPS) is 11.1. The molecule has 0 aliphatic heterocycles. The summed E-state index contributed by atoms with van der Waals surface area (Å²) < 4.78 is 0. The minimum atomic E-state index is -0.766. The van der Waals surface area contributed by atoms with Crippen LogP contribution in [-0.4, -0.2) is 24.2 Å². The molecule has 3 nitrogen and oxygen atoms in total. The standard InChI is InChI=1S/C17H19NO2/c1-17(16(20)18-12-13-19,14-8-4-2-5-9-14)15-10-6-3-7-11-15/h2-11,19H,12-13H2,1H3,(H,18,20). The molecule has 0 aromatic heterocycles. The van der Waals surface area contributed by atoms with Crippen molar-refractivity contribution in [1.29, 1.82) is 0 Å². The minimum Gasteiger partial charge on any atom is -0.395 e. The van der Waals surface area contributed by atoms with Gasteiger partial charge in [-0.25, -0.2) is 0 Å². The number of hydrogen-bond donors (Lipinski definition) is 2. The molecule has 2 rings (SSSR count). The largest absolute Gasteiger partial charge is 0.395 e. The van der Waals surface area contributed by atoms with Gasteiger partial charge in [-0.3, -0.25) is 4.79 Å². The van der Waals surface area contributed by atoms with Crippen LogP contribution < -0.4 is 5.32 Å². The molecule has 0 aliphatic rings. The van der Waals surface area contributed by atoms with Crippen LogP contribution in [0.25, 0.3) is 0 Å². The molecule has 0 heterocycles. The molecule has 0 unspecified atom stereocenters. The van der Waals surface area contributed by atoms with Crippen LogP contribution in [0.3, 0.4) is 0 Å². The number of aliphatic hydroxyl groups is 1. The van der Waals surface area contributed by atoms with E-state index in [1.54, 1.807) is 0 Å². The van der Waals surface area contributed by atoms with Crippen LogP contribution in [0, 0.1) is 0 Å². The van der Waals surface area contributed by atoms with E-state index in [0.717, 1.165) is 11.1 Å². The van der Waals surface area contributed by atoms with Crippen LogP contribution in [0.4, 0.5) is 0 Å². The minimum absolute atomic E-state index is 0.0641. The molecule has 2 aromatic rings. The van der Waals surface area contributed by atoms with Crippen molar-refractivity contribution >= 4 is 5.91 Å². The van der Waals surface area contributed by atoms with E-state index in [0.29, 0.717) is 0 Å². The molecule has 0 radical (unpaired) electrons. The van der Waals surface area contributed by atoms with Gasteiger partial charge in [0.25, 0.3) is 0 Å². The van der Waals surface area contributed by atoms with E-state index < -0.39 is 5.41 Å². The summed E-state index contributed by atoms with van der Waals surface area (Å²) in [5.74, 6) is -0.107. The summed E-state index contributed by atoms with van der Waals surface area (Å²) in [6, 6.07) is 19.4. The third-order valence-corrected chi connectivity index (χ3v) is 3.55. The fourth-order valence-electron chi connectivity index (χ4n) is 2.32. The third-order valence-electron chi connectivity index (χ3n) is 3.55. The van der Waals surface area contributed by atoms with E-state index in [1.165, 1.54) is 0 Å². The molecule has 1 amide bonds. The van der Waals surface area contributed by atoms with Gasteiger partial charge < -0.3 is 10.4 Å². The number of aliphatic hydroxyl groups excluding tert-OH is 1. The number of benzene rings is 2. The second-order valence-corrected chi connectivity index (χ2v) is 4.84. The highest BCUT2D eigenvalue weighted by Gasteiger charge is 2.36. The van der Waals surface area contributed by atoms with Gasteiger partial charge in [0.1, 0.15) is 0 Å².